The maximum Gasteiger partial charge on any atom is 0.123 e. The van der Waals surface area contributed by atoms with Crippen molar-refractivity contribution in [2.45, 2.75) is 37.8 Å². The van der Waals surface area contributed by atoms with Gasteiger partial charge in [-0.15, -0.1) is 0 Å². The van der Waals surface area contributed by atoms with Crippen LogP contribution in [0.15, 0.2) is 24.3 Å². The van der Waals surface area contributed by atoms with Gasteiger partial charge in [0.1, 0.15) is 5.75 Å². The minimum Gasteiger partial charge on any atom is -0.496 e. The van der Waals surface area contributed by atoms with Crippen LogP contribution in [0.5, 0.6) is 5.75 Å². The van der Waals surface area contributed by atoms with E-state index in [2.05, 4.69) is 24.4 Å². The van der Waals surface area contributed by atoms with Crippen molar-refractivity contribution in [2.75, 3.05) is 20.8 Å². The fourth-order valence-electron chi connectivity index (χ4n) is 2.82. The number of hydrogen-bond acceptors (Lipinski definition) is 3. The van der Waals surface area contributed by atoms with Gasteiger partial charge in [0, 0.05) is 12.7 Å². The molecule has 1 fully saturated rings. The van der Waals surface area contributed by atoms with Crippen LogP contribution in [0.1, 0.15) is 37.8 Å². The lowest BCUT2D eigenvalue weighted by Crippen LogP contribution is -2.50. The lowest BCUT2D eigenvalue weighted by atomic mass is 9.72. The molecule has 0 aliphatic heterocycles. The number of methoxy groups -OCH3 is 2. The molecular formula is C15H23NO2. The molecule has 0 radical (unpaired) electrons. The number of para-hydroxylation sites is 1. The lowest BCUT2D eigenvalue weighted by molar-refractivity contribution is -0.0998. The molecule has 100 valence electrons. The average Bonchev–Trinajstić information content (AvgIpc) is 2.37. The SMILES string of the molecule is CCNC(c1ccccc1OC)C1(OC)CCC1. The second kappa shape index (κ2) is 5.72. The molecule has 0 spiro atoms. The Balaban J connectivity index is 2.34. The third kappa shape index (κ3) is 2.25. The van der Waals surface area contributed by atoms with Gasteiger partial charge in [0.15, 0.2) is 0 Å². The van der Waals surface area contributed by atoms with E-state index in [1.165, 1.54) is 12.0 Å². The number of ether oxygens (including phenoxy) is 2. The Bertz CT molecular complexity index is 382. The Hall–Kier alpha value is -1.06. The molecule has 2 rings (SSSR count). The van der Waals surface area contributed by atoms with Crippen LogP contribution in [0.4, 0.5) is 0 Å². The molecule has 1 aliphatic carbocycles. The molecule has 18 heavy (non-hydrogen) atoms. The molecule has 0 bridgehead atoms. The van der Waals surface area contributed by atoms with Gasteiger partial charge >= 0.3 is 0 Å². The minimum absolute atomic E-state index is 0.0648. The summed E-state index contributed by atoms with van der Waals surface area (Å²) in [5, 5.41) is 3.56. The van der Waals surface area contributed by atoms with E-state index in [1.807, 2.05) is 19.2 Å². The van der Waals surface area contributed by atoms with E-state index in [4.69, 9.17) is 9.47 Å². The Morgan fingerprint density at radius 2 is 2.00 bits per heavy atom. The van der Waals surface area contributed by atoms with Crippen LogP contribution in [-0.4, -0.2) is 26.4 Å². The van der Waals surface area contributed by atoms with Crippen molar-refractivity contribution in [3.8, 4) is 5.75 Å². The smallest absolute Gasteiger partial charge is 0.123 e. The van der Waals surface area contributed by atoms with E-state index in [9.17, 15) is 0 Å². The highest BCUT2D eigenvalue weighted by Gasteiger charge is 2.45. The first-order chi connectivity index (χ1) is 8.77. The van der Waals surface area contributed by atoms with Crippen LogP contribution in [-0.2, 0) is 4.74 Å². The van der Waals surface area contributed by atoms with E-state index >= 15 is 0 Å². The molecule has 1 saturated carbocycles. The predicted molar refractivity (Wildman–Crippen MR) is 73.0 cm³/mol. The molecule has 0 aromatic heterocycles. The predicted octanol–water partition coefficient (Wildman–Crippen LogP) is 2.91. The molecule has 1 atom stereocenters. The van der Waals surface area contributed by atoms with Crippen molar-refractivity contribution in [2.24, 2.45) is 0 Å². The maximum absolute atomic E-state index is 5.82. The van der Waals surface area contributed by atoms with Crippen molar-refractivity contribution in [3.05, 3.63) is 29.8 Å². The zero-order chi connectivity index (χ0) is 13.0. The van der Waals surface area contributed by atoms with Crippen LogP contribution >= 0.6 is 0 Å². The zero-order valence-electron chi connectivity index (χ0n) is 11.5. The van der Waals surface area contributed by atoms with Crippen molar-refractivity contribution >= 4 is 0 Å². The Morgan fingerprint density at radius 3 is 2.50 bits per heavy atom. The summed E-state index contributed by atoms with van der Waals surface area (Å²) in [7, 11) is 3.54. The van der Waals surface area contributed by atoms with Gasteiger partial charge in [0.05, 0.1) is 18.8 Å². The van der Waals surface area contributed by atoms with Gasteiger partial charge in [-0.2, -0.15) is 0 Å². The highest BCUT2D eigenvalue weighted by molar-refractivity contribution is 5.38. The monoisotopic (exact) mass is 249 g/mol. The summed E-state index contributed by atoms with van der Waals surface area (Å²) in [5.41, 5.74) is 1.13. The van der Waals surface area contributed by atoms with Crippen molar-refractivity contribution in [1.29, 1.82) is 0 Å². The van der Waals surface area contributed by atoms with Crippen molar-refractivity contribution in [1.82, 2.24) is 5.32 Å². The number of nitrogens with one attached hydrogen (secondary N) is 1. The fourth-order valence-corrected chi connectivity index (χ4v) is 2.82. The van der Waals surface area contributed by atoms with Gasteiger partial charge in [0.25, 0.3) is 0 Å². The molecule has 1 aromatic rings. The molecule has 1 aromatic carbocycles. The van der Waals surface area contributed by atoms with Gasteiger partial charge in [-0.1, -0.05) is 25.1 Å². The lowest BCUT2D eigenvalue weighted by Gasteiger charge is -2.47. The largest absolute Gasteiger partial charge is 0.496 e. The standard InChI is InChI=1S/C15H23NO2/c1-4-16-14(15(18-3)10-7-11-15)12-8-5-6-9-13(12)17-2/h5-6,8-9,14,16H,4,7,10-11H2,1-3H3. The first kappa shape index (κ1) is 13.4. The Labute approximate surface area is 109 Å². The second-order valence-electron chi connectivity index (χ2n) is 4.86. The average molecular weight is 249 g/mol. The molecule has 0 heterocycles. The van der Waals surface area contributed by atoms with Gasteiger partial charge in [0.2, 0.25) is 0 Å². The van der Waals surface area contributed by atoms with Gasteiger partial charge in [-0.05, 0) is 31.9 Å². The third-order valence-electron chi connectivity index (χ3n) is 3.99. The topological polar surface area (TPSA) is 30.5 Å². The van der Waals surface area contributed by atoms with Crippen LogP contribution in [0, 0.1) is 0 Å². The van der Waals surface area contributed by atoms with Crippen LogP contribution in [0.3, 0.4) is 0 Å². The van der Waals surface area contributed by atoms with Crippen LogP contribution in [0.2, 0.25) is 0 Å². The minimum atomic E-state index is -0.0648. The van der Waals surface area contributed by atoms with Crippen molar-refractivity contribution < 1.29 is 9.47 Å². The van der Waals surface area contributed by atoms with Crippen molar-refractivity contribution in [3.63, 3.8) is 0 Å². The fraction of sp³-hybridized carbons (Fsp3) is 0.600. The molecule has 1 aliphatic rings. The van der Waals surface area contributed by atoms with E-state index in [1.54, 1.807) is 7.11 Å². The molecule has 3 nitrogen and oxygen atoms in total. The summed E-state index contributed by atoms with van der Waals surface area (Å²) in [6, 6.07) is 8.42. The molecule has 0 amide bonds. The molecule has 1 unspecified atom stereocenters. The number of benzene rings is 1. The zero-order valence-corrected chi connectivity index (χ0v) is 11.5. The summed E-state index contributed by atoms with van der Waals surface area (Å²) in [6.07, 6.45) is 3.46. The quantitative estimate of drug-likeness (QED) is 0.841. The molecular weight excluding hydrogens is 226 g/mol. The van der Waals surface area contributed by atoms with Gasteiger partial charge < -0.3 is 14.8 Å². The van der Waals surface area contributed by atoms with Gasteiger partial charge in [-0.25, -0.2) is 0 Å². The number of rotatable bonds is 6. The molecule has 1 N–H and O–H groups in total. The number of hydrogen-bond donors (Lipinski definition) is 1. The summed E-state index contributed by atoms with van der Waals surface area (Å²) in [4.78, 5) is 0. The Morgan fingerprint density at radius 1 is 1.28 bits per heavy atom. The molecule has 0 saturated heterocycles. The highest BCUT2D eigenvalue weighted by Crippen LogP contribution is 2.46. The van der Waals surface area contributed by atoms with E-state index in [-0.39, 0.29) is 11.6 Å². The van der Waals surface area contributed by atoms with Crippen LogP contribution in [0.25, 0.3) is 0 Å². The second-order valence-corrected chi connectivity index (χ2v) is 4.86. The normalized spacial score (nSPS) is 19.1. The van der Waals surface area contributed by atoms with E-state index in [0.29, 0.717) is 0 Å². The summed E-state index contributed by atoms with van der Waals surface area (Å²) < 4.78 is 11.3. The maximum atomic E-state index is 5.82. The molecule has 3 heteroatoms. The summed E-state index contributed by atoms with van der Waals surface area (Å²) in [6.45, 7) is 3.05. The van der Waals surface area contributed by atoms with E-state index < -0.39 is 0 Å². The van der Waals surface area contributed by atoms with Crippen LogP contribution < -0.4 is 10.1 Å². The third-order valence-corrected chi connectivity index (χ3v) is 3.99. The summed E-state index contributed by atoms with van der Waals surface area (Å²) >= 11 is 0. The Kier molecular flexibility index (Phi) is 4.25. The number of likely N-dealkylation sites (N-methyl/N-ethyl adjacent to an activating group) is 1. The highest BCUT2D eigenvalue weighted by atomic mass is 16.5. The summed E-state index contributed by atoms with van der Waals surface area (Å²) in [5.74, 6) is 0.937. The van der Waals surface area contributed by atoms with E-state index in [0.717, 1.165) is 25.1 Å². The first-order valence-electron chi connectivity index (χ1n) is 6.69. The van der Waals surface area contributed by atoms with Gasteiger partial charge in [-0.3, -0.25) is 0 Å². The first-order valence-corrected chi connectivity index (χ1v) is 6.69.